The lowest BCUT2D eigenvalue weighted by atomic mass is 10.1. The van der Waals surface area contributed by atoms with Crippen LogP contribution in [-0.4, -0.2) is 26.4 Å². The predicted octanol–water partition coefficient (Wildman–Crippen LogP) is 1.14. The second-order valence-electron chi connectivity index (χ2n) is 2.17. The van der Waals surface area contributed by atoms with Crippen molar-refractivity contribution in [3.05, 3.63) is 24.3 Å². The van der Waals surface area contributed by atoms with Crippen molar-refractivity contribution in [1.82, 2.24) is 0 Å². The van der Waals surface area contributed by atoms with Crippen molar-refractivity contribution in [2.45, 2.75) is 12.2 Å². The van der Waals surface area contributed by atoms with Gasteiger partial charge < -0.3 is 9.47 Å². The van der Waals surface area contributed by atoms with Crippen molar-refractivity contribution in [2.24, 2.45) is 0 Å². The highest BCUT2D eigenvalue weighted by atomic mass is 16.5. The van der Waals surface area contributed by atoms with Crippen molar-refractivity contribution in [2.75, 3.05) is 14.2 Å². The van der Waals surface area contributed by atoms with Crippen molar-refractivity contribution >= 4 is 0 Å². The highest BCUT2D eigenvalue weighted by Gasteiger charge is 2.16. The van der Waals surface area contributed by atoms with Gasteiger partial charge in [-0.15, -0.1) is 0 Å². The number of allylic oxidation sites excluding steroid dienone is 2. The van der Waals surface area contributed by atoms with Gasteiger partial charge in [0.15, 0.2) is 0 Å². The van der Waals surface area contributed by atoms with Gasteiger partial charge in [-0.1, -0.05) is 24.3 Å². The van der Waals surface area contributed by atoms with E-state index in [0.717, 1.165) is 0 Å². The Hall–Kier alpha value is -0.600. The van der Waals surface area contributed by atoms with Crippen molar-refractivity contribution in [3.8, 4) is 0 Å². The van der Waals surface area contributed by atoms with Crippen LogP contribution in [0.3, 0.4) is 0 Å². The average Bonchev–Trinajstić information content (AvgIpc) is 2.04. The van der Waals surface area contributed by atoms with Gasteiger partial charge in [-0.05, 0) is 0 Å². The van der Waals surface area contributed by atoms with Crippen LogP contribution in [0, 0.1) is 0 Å². The van der Waals surface area contributed by atoms with Crippen LogP contribution in [0.2, 0.25) is 0 Å². The van der Waals surface area contributed by atoms with E-state index in [1.165, 1.54) is 0 Å². The number of rotatable bonds is 2. The first-order valence-corrected chi connectivity index (χ1v) is 3.29. The summed E-state index contributed by atoms with van der Waals surface area (Å²) in [7, 11) is 3.36. The molecule has 1 rings (SSSR count). The molecule has 0 spiro atoms. The molecule has 0 N–H and O–H groups in total. The maximum Gasteiger partial charge on any atom is 0.105 e. The molecule has 0 fully saturated rings. The number of ether oxygens (including phenoxy) is 2. The van der Waals surface area contributed by atoms with Crippen molar-refractivity contribution in [1.29, 1.82) is 0 Å². The molecule has 1 aliphatic carbocycles. The van der Waals surface area contributed by atoms with E-state index < -0.39 is 0 Å². The number of hydrogen-bond donors (Lipinski definition) is 0. The van der Waals surface area contributed by atoms with Gasteiger partial charge in [-0.2, -0.15) is 0 Å². The standard InChI is InChI=1S/C8H12O2/c1-9-7-5-3-4-6-8(7)10-2/h3-8H,1-2H3/t7-,8-/m0/s1. The van der Waals surface area contributed by atoms with Gasteiger partial charge in [0.25, 0.3) is 0 Å². The summed E-state index contributed by atoms with van der Waals surface area (Å²) in [6.45, 7) is 0. The number of hydrogen-bond acceptors (Lipinski definition) is 2. The predicted molar refractivity (Wildman–Crippen MR) is 39.9 cm³/mol. The summed E-state index contributed by atoms with van der Waals surface area (Å²) < 4.78 is 10.3. The summed E-state index contributed by atoms with van der Waals surface area (Å²) in [6, 6.07) is 0. The average molecular weight is 140 g/mol. The minimum Gasteiger partial charge on any atom is -0.374 e. The van der Waals surface area contributed by atoms with E-state index in [1.54, 1.807) is 14.2 Å². The normalized spacial score (nSPS) is 31.0. The van der Waals surface area contributed by atoms with Gasteiger partial charge in [0.1, 0.15) is 12.2 Å². The lowest BCUT2D eigenvalue weighted by molar-refractivity contribution is 0.0140. The quantitative estimate of drug-likeness (QED) is 0.572. The van der Waals surface area contributed by atoms with Crippen LogP contribution >= 0.6 is 0 Å². The number of methoxy groups -OCH3 is 2. The zero-order chi connectivity index (χ0) is 7.40. The van der Waals surface area contributed by atoms with Gasteiger partial charge in [0, 0.05) is 14.2 Å². The molecule has 1 aliphatic rings. The summed E-state index contributed by atoms with van der Waals surface area (Å²) in [5.41, 5.74) is 0. The molecular formula is C8H12O2. The molecule has 0 bridgehead atoms. The Morgan fingerprint density at radius 3 is 1.60 bits per heavy atom. The fourth-order valence-electron chi connectivity index (χ4n) is 0.992. The van der Waals surface area contributed by atoms with E-state index in [4.69, 9.17) is 9.47 Å². The third kappa shape index (κ3) is 1.46. The second-order valence-corrected chi connectivity index (χ2v) is 2.17. The van der Waals surface area contributed by atoms with Gasteiger partial charge in [-0.3, -0.25) is 0 Å². The van der Waals surface area contributed by atoms with Crippen LogP contribution in [0.4, 0.5) is 0 Å². The van der Waals surface area contributed by atoms with Crippen LogP contribution in [0.25, 0.3) is 0 Å². The summed E-state index contributed by atoms with van der Waals surface area (Å²) in [6.07, 6.45) is 8.04. The molecule has 0 saturated carbocycles. The fraction of sp³-hybridized carbons (Fsp3) is 0.500. The molecule has 0 heterocycles. The van der Waals surface area contributed by atoms with Gasteiger partial charge in [-0.25, -0.2) is 0 Å². The van der Waals surface area contributed by atoms with Crippen LogP contribution < -0.4 is 0 Å². The van der Waals surface area contributed by atoms with Crippen LogP contribution in [-0.2, 0) is 9.47 Å². The molecule has 0 unspecified atom stereocenters. The lowest BCUT2D eigenvalue weighted by Crippen LogP contribution is -2.27. The first-order chi connectivity index (χ1) is 4.88. The molecule has 2 heteroatoms. The second kappa shape index (κ2) is 3.54. The summed E-state index contributed by atoms with van der Waals surface area (Å²) in [5.74, 6) is 0. The Morgan fingerprint density at radius 2 is 1.30 bits per heavy atom. The highest BCUT2D eigenvalue weighted by Crippen LogP contribution is 2.10. The third-order valence-corrected chi connectivity index (χ3v) is 1.58. The summed E-state index contributed by atoms with van der Waals surface area (Å²) in [5, 5.41) is 0. The maximum absolute atomic E-state index is 5.13. The molecule has 0 saturated heterocycles. The van der Waals surface area contributed by atoms with Crippen molar-refractivity contribution in [3.63, 3.8) is 0 Å². The minimum atomic E-state index is 0.0787. The molecule has 0 aromatic heterocycles. The van der Waals surface area contributed by atoms with E-state index in [9.17, 15) is 0 Å². The molecule has 10 heavy (non-hydrogen) atoms. The molecule has 0 aromatic carbocycles. The van der Waals surface area contributed by atoms with E-state index in [2.05, 4.69) is 0 Å². The van der Waals surface area contributed by atoms with Crippen LogP contribution in [0.5, 0.6) is 0 Å². The Kier molecular flexibility index (Phi) is 2.66. The Morgan fingerprint density at radius 1 is 0.900 bits per heavy atom. The first-order valence-electron chi connectivity index (χ1n) is 3.29. The van der Waals surface area contributed by atoms with E-state index in [-0.39, 0.29) is 12.2 Å². The van der Waals surface area contributed by atoms with Crippen LogP contribution in [0.15, 0.2) is 24.3 Å². The molecule has 0 aromatic rings. The largest absolute Gasteiger partial charge is 0.374 e. The summed E-state index contributed by atoms with van der Waals surface area (Å²) in [4.78, 5) is 0. The minimum absolute atomic E-state index is 0.0787. The van der Waals surface area contributed by atoms with Gasteiger partial charge in [0.2, 0.25) is 0 Å². The maximum atomic E-state index is 5.13. The summed E-state index contributed by atoms with van der Waals surface area (Å²) >= 11 is 0. The molecule has 2 atom stereocenters. The molecule has 0 radical (unpaired) electrons. The Labute approximate surface area is 61.1 Å². The van der Waals surface area contributed by atoms with Crippen LogP contribution in [0.1, 0.15) is 0 Å². The SMILES string of the molecule is CO[C@H]1C=CC=C[C@@H]1OC. The van der Waals surface area contributed by atoms with Crippen molar-refractivity contribution < 1.29 is 9.47 Å². The fourth-order valence-corrected chi connectivity index (χ4v) is 0.992. The molecule has 56 valence electrons. The third-order valence-electron chi connectivity index (χ3n) is 1.58. The van der Waals surface area contributed by atoms with E-state index >= 15 is 0 Å². The smallest absolute Gasteiger partial charge is 0.105 e. The molecule has 0 aliphatic heterocycles. The van der Waals surface area contributed by atoms with Gasteiger partial charge >= 0.3 is 0 Å². The lowest BCUT2D eigenvalue weighted by Gasteiger charge is -2.20. The molecule has 0 amide bonds. The molecular weight excluding hydrogens is 128 g/mol. The zero-order valence-electron chi connectivity index (χ0n) is 6.28. The van der Waals surface area contributed by atoms with E-state index in [0.29, 0.717) is 0 Å². The Bertz CT molecular complexity index is 131. The zero-order valence-corrected chi connectivity index (χ0v) is 6.28. The molecule has 2 nitrogen and oxygen atoms in total. The monoisotopic (exact) mass is 140 g/mol. The topological polar surface area (TPSA) is 18.5 Å². The highest BCUT2D eigenvalue weighted by molar-refractivity contribution is 5.16. The van der Waals surface area contributed by atoms with Gasteiger partial charge in [0.05, 0.1) is 0 Å². The Balaban J connectivity index is 2.55. The first kappa shape index (κ1) is 7.51. The van der Waals surface area contributed by atoms with E-state index in [1.807, 2.05) is 24.3 Å².